The molecule has 4 aromatic rings. The Kier molecular flexibility index (Phi) is 9.01. The fourth-order valence-electron chi connectivity index (χ4n) is 5.26. The Morgan fingerprint density at radius 2 is 1.47 bits per heavy atom. The lowest BCUT2D eigenvalue weighted by molar-refractivity contribution is 0.0941. The van der Waals surface area contributed by atoms with Crippen LogP contribution in [0.15, 0.2) is 88.5 Å². The second kappa shape index (κ2) is 13.0. The summed E-state index contributed by atoms with van der Waals surface area (Å²) in [5.41, 5.74) is 6.92. The van der Waals surface area contributed by atoms with Gasteiger partial charge in [0.1, 0.15) is 23.9 Å². The molecule has 1 aliphatic rings. The number of hydrogen-bond acceptors (Lipinski definition) is 6. The Balaban J connectivity index is 1.44. The normalized spacial score (nSPS) is 14.0. The molecular weight excluding hydrogens is 556 g/mol. The molecule has 0 saturated carbocycles. The number of aromatic nitrogens is 2. The van der Waals surface area contributed by atoms with Crippen LogP contribution >= 0.6 is 0 Å². The van der Waals surface area contributed by atoms with Crippen molar-refractivity contribution in [2.75, 3.05) is 31.1 Å². The maximum atomic E-state index is 14.7. The van der Waals surface area contributed by atoms with Crippen LogP contribution in [-0.2, 0) is 24.4 Å². The summed E-state index contributed by atoms with van der Waals surface area (Å²) in [5, 5.41) is 0. The highest BCUT2D eigenvalue weighted by Gasteiger charge is 2.28. The van der Waals surface area contributed by atoms with Crippen molar-refractivity contribution >= 4 is 11.8 Å². The third-order valence-corrected chi connectivity index (χ3v) is 7.70. The van der Waals surface area contributed by atoms with Crippen LogP contribution in [0.5, 0.6) is 0 Å². The van der Waals surface area contributed by atoms with E-state index in [0.29, 0.717) is 0 Å². The van der Waals surface area contributed by atoms with E-state index in [1.54, 1.807) is 28.9 Å². The molecule has 5 rings (SSSR count). The molecule has 224 valence electrons. The van der Waals surface area contributed by atoms with Gasteiger partial charge in [0, 0.05) is 43.5 Å². The number of halogens is 2. The van der Waals surface area contributed by atoms with Crippen LogP contribution in [0.25, 0.3) is 0 Å². The Bertz CT molecular complexity index is 1680. The number of anilines is 1. The number of carbonyl (C=O) groups is 1. The van der Waals surface area contributed by atoms with Crippen molar-refractivity contribution in [1.82, 2.24) is 14.0 Å². The summed E-state index contributed by atoms with van der Waals surface area (Å²) >= 11 is 0. The van der Waals surface area contributed by atoms with Crippen LogP contribution in [0, 0.1) is 18.6 Å². The molecular formula is C32H33F2N5O4. The van der Waals surface area contributed by atoms with Gasteiger partial charge in [0.2, 0.25) is 0 Å². The Labute approximate surface area is 247 Å². The van der Waals surface area contributed by atoms with Crippen molar-refractivity contribution in [2.24, 2.45) is 5.73 Å². The zero-order chi connectivity index (χ0) is 30.5. The third-order valence-electron chi connectivity index (χ3n) is 7.70. The fourth-order valence-corrected chi connectivity index (χ4v) is 5.26. The fraction of sp³-hybridized carbons (Fsp3) is 0.281. The lowest BCUT2D eigenvalue weighted by Gasteiger charge is -2.36. The van der Waals surface area contributed by atoms with Crippen LogP contribution in [0.1, 0.15) is 28.4 Å². The first kappa shape index (κ1) is 29.7. The summed E-state index contributed by atoms with van der Waals surface area (Å²) in [5.74, 6) is -1.59. The van der Waals surface area contributed by atoms with Crippen molar-refractivity contribution in [2.45, 2.75) is 32.7 Å². The van der Waals surface area contributed by atoms with Crippen molar-refractivity contribution in [3.05, 3.63) is 134 Å². The first-order valence-electron chi connectivity index (χ1n) is 14.0. The highest BCUT2D eigenvalue weighted by atomic mass is 19.1. The molecule has 0 bridgehead atoms. The van der Waals surface area contributed by atoms with E-state index in [-0.39, 0.29) is 56.3 Å². The molecule has 1 aromatic heterocycles. The van der Waals surface area contributed by atoms with Gasteiger partial charge in [-0.2, -0.15) is 0 Å². The standard InChI is InChI=1S/C32H33F2N5O4/c1-22-29(36-15-17-37(18-16-36)32(42)43-21-23-9-4-2-5-10-23)30(40)39(20-28(35)24-11-6-3-7-12-24)31(41)38(22)19-25-26(33)13-8-14-27(25)34/h2-14,28H,15-21,35H2,1H3. The smallest absolute Gasteiger partial charge is 0.410 e. The van der Waals surface area contributed by atoms with E-state index >= 15 is 0 Å². The lowest BCUT2D eigenvalue weighted by Crippen LogP contribution is -2.53. The Morgan fingerprint density at radius 3 is 2.09 bits per heavy atom. The Morgan fingerprint density at radius 1 is 0.860 bits per heavy atom. The molecule has 1 unspecified atom stereocenters. The van der Waals surface area contributed by atoms with Crippen molar-refractivity contribution in [3.8, 4) is 0 Å². The summed E-state index contributed by atoms with van der Waals surface area (Å²) in [7, 11) is 0. The number of nitrogens with zero attached hydrogens (tertiary/aromatic N) is 4. The van der Waals surface area contributed by atoms with Gasteiger partial charge in [-0.25, -0.2) is 18.4 Å². The number of benzene rings is 3. The molecule has 2 N–H and O–H groups in total. The minimum Gasteiger partial charge on any atom is -0.445 e. The number of carbonyl (C=O) groups excluding carboxylic acids is 1. The predicted octanol–water partition coefficient (Wildman–Crippen LogP) is 3.80. The van der Waals surface area contributed by atoms with Gasteiger partial charge in [-0.3, -0.25) is 13.9 Å². The maximum Gasteiger partial charge on any atom is 0.410 e. The predicted molar refractivity (Wildman–Crippen MR) is 159 cm³/mol. The van der Waals surface area contributed by atoms with Gasteiger partial charge in [-0.15, -0.1) is 0 Å². The van der Waals surface area contributed by atoms with Gasteiger partial charge >= 0.3 is 11.8 Å². The number of piperazine rings is 1. The first-order valence-corrected chi connectivity index (χ1v) is 14.0. The highest BCUT2D eigenvalue weighted by Crippen LogP contribution is 2.21. The average Bonchev–Trinajstić information content (AvgIpc) is 3.02. The van der Waals surface area contributed by atoms with Crippen molar-refractivity contribution in [1.29, 1.82) is 0 Å². The van der Waals surface area contributed by atoms with Crippen LogP contribution in [0.4, 0.5) is 19.3 Å². The average molecular weight is 590 g/mol. The quantitative estimate of drug-likeness (QED) is 0.336. The van der Waals surface area contributed by atoms with Crippen LogP contribution in [-0.4, -0.2) is 46.3 Å². The van der Waals surface area contributed by atoms with E-state index in [9.17, 15) is 23.2 Å². The van der Waals surface area contributed by atoms with Crippen LogP contribution in [0.3, 0.4) is 0 Å². The Hall–Kier alpha value is -4.77. The highest BCUT2D eigenvalue weighted by molar-refractivity contribution is 5.68. The van der Waals surface area contributed by atoms with Gasteiger partial charge < -0.3 is 20.3 Å². The summed E-state index contributed by atoms with van der Waals surface area (Å²) in [6, 6.07) is 21.2. The van der Waals surface area contributed by atoms with Gasteiger partial charge in [0.05, 0.1) is 13.1 Å². The van der Waals surface area contributed by atoms with Gasteiger partial charge in [0.25, 0.3) is 5.56 Å². The topological polar surface area (TPSA) is 103 Å². The molecule has 9 nitrogen and oxygen atoms in total. The monoisotopic (exact) mass is 589 g/mol. The molecule has 1 amide bonds. The number of hydrogen-bond donors (Lipinski definition) is 1. The lowest BCUT2D eigenvalue weighted by atomic mass is 10.1. The van der Waals surface area contributed by atoms with E-state index in [0.717, 1.165) is 27.8 Å². The zero-order valence-corrected chi connectivity index (χ0v) is 23.8. The number of ether oxygens (including phenoxy) is 1. The molecule has 11 heteroatoms. The van der Waals surface area contributed by atoms with E-state index in [2.05, 4.69) is 0 Å². The molecule has 1 aliphatic heterocycles. The van der Waals surface area contributed by atoms with Gasteiger partial charge in [-0.1, -0.05) is 66.7 Å². The van der Waals surface area contributed by atoms with Crippen molar-refractivity contribution < 1.29 is 18.3 Å². The second-order valence-electron chi connectivity index (χ2n) is 10.5. The number of amides is 1. The summed E-state index contributed by atoms with van der Waals surface area (Å²) in [4.78, 5) is 43.7. The molecule has 0 radical (unpaired) electrons. The molecule has 3 aromatic carbocycles. The molecule has 1 fully saturated rings. The minimum atomic E-state index is -0.797. The molecule has 0 spiro atoms. The molecule has 43 heavy (non-hydrogen) atoms. The molecule has 1 atom stereocenters. The molecule has 0 aliphatic carbocycles. The van der Waals surface area contributed by atoms with Gasteiger partial charge in [-0.05, 0) is 30.2 Å². The number of rotatable bonds is 8. The van der Waals surface area contributed by atoms with E-state index < -0.39 is 41.6 Å². The zero-order valence-electron chi connectivity index (χ0n) is 23.8. The van der Waals surface area contributed by atoms with E-state index in [1.165, 1.54) is 10.6 Å². The molecule has 1 saturated heterocycles. The minimum absolute atomic E-state index is 0.138. The SMILES string of the molecule is Cc1c(N2CCN(C(=O)OCc3ccccc3)CC2)c(=O)n(CC(N)c2ccccc2)c(=O)n1Cc1c(F)cccc1F. The maximum absolute atomic E-state index is 14.7. The third kappa shape index (κ3) is 6.51. The second-order valence-corrected chi connectivity index (χ2v) is 10.5. The van der Waals surface area contributed by atoms with Crippen LogP contribution < -0.4 is 21.9 Å². The largest absolute Gasteiger partial charge is 0.445 e. The van der Waals surface area contributed by atoms with Crippen molar-refractivity contribution in [3.63, 3.8) is 0 Å². The summed E-state index contributed by atoms with van der Waals surface area (Å²) in [6.07, 6.45) is -0.466. The molecule has 2 heterocycles. The summed E-state index contributed by atoms with van der Waals surface area (Å²) < 4.78 is 37.0. The van der Waals surface area contributed by atoms with E-state index in [4.69, 9.17) is 10.5 Å². The number of nitrogens with two attached hydrogens (primary N) is 1. The first-order chi connectivity index (χ1) is 20.7. The van der Waals surface area contributed by atoms with E-state index in [1.807, 2.05) is 48.5 Å². The van der Waals surface area contributed by atoms with Crippen LogP contribution in [0.2, 0.25) is 0 Å². The van der Waals surface area contributed by atoms with Gasteiger partial charge in [0.15, 0.2) is 0 Å². The summed E-state index contributed by atoms with van der Waals surface area (Å²) in [6.45, 7) is 2.29.